The molecule has 0 saturated carbocycles. The van der Waals surface area contributed by atoms with E-state index in [-0.39, 0.29) is 12.5 Å². The van der Waals surface area contributed by atoms with Crippen molar-refractivity contribution < 1.29 is 19.1 Å². The Labute approximate surface area is 189 Å². The van der Waals surface area contributed by atoms with Gasteiger partial charge in [0.05, 0.1) is 4.91 Å². The number of carbonyl (C=O) groups is 3. The molecule has 4 rings (SSSR count). The van der Waals surface area contributed by atoms with Crippen LogP contribution in [0.25, 0.3) is 6.08 Å². The molecule has 6 nitrogen and oxygen atoms in total. The number of likely N-dealkylation sites (tertiary alicyclic amines) is 1. The van der Waals surface area contributed by atoms with E-state index in [0.717, 1.165) is 40.6 Å². The number of halogens is 1. The molecule has 160 valence electrons. The summed E-state index contributed by atoms with van der Waals surface area (Å²) in [5.41, 5.74) is 1.73. The SMILES string of the molecule is O=C(CN1C(=O)S/C(=C/c2cccc(OCc3ccc(Cl)cc3)c2)C1=O)N1CCCC1. The van der Waals surface area contributed by atoms with Gasteiger partial charge in [0.25, 0.3) is 11.1 Å². The average Bonchev–Trinajstić information content (AvgIpc) is 3.39. The summed E-state index contributed by atoms with van der Waals surface area (Å²) < 4.78 is 5.82. The Hall–Kier alpha value is -2.77. The standard InChI is InChI=1S/C23H21ClN2O4S/c24-18-8-6-16(7-9-18)15-30-19-5-3-4-17(12-19)13-20-22(28)26(23(29)31-20)14-21(27)25-10-1-2-11-25/h3-9,12-13H,1-2,10-11,14-15H2/b20-13+. The summed E-state index contributed by atoms with van der Waals surface area (Å²) in [6, 6.07) is 14.7. The molecule has 0 aromatic heterocycles. The summed E-state index contributed by atoms with van der Waals surface area (Å²) >= 11 is 6.75. The van der Waals surface area contributed by atoms with Crippen molar-refractivity contribution in [1.29, 1.82) is 0 Å². The van der Waals surface area contributed by atoms with Crippen molar-refractivity contribution in [2.24, 2.45) is 0 Å². The molecule has 8 heteroatoms. The van der Waals surface area contributed by atoms with Crippen LogP contribution in [0.4, 0.5) is 4.79 Å². The van der Waals surface area contributed by atoms with E-state index in [4.69, 9.17) is 16.3 Å². The minimum atomic E-state index is -0.435. The van der Waals surface area contributed by atoms with Crippen molar-refractivity contribution in [2.45, 2.75) is 19.4 Å². The molecule has 2 fully saturated rings. The highest BCUT2D eigenvalue weighted by molar-refractivity contribution is 8.18. The Balaban J connectivity index is 1.41. The van der Waals surface area contributed by atoms with E-state index in [0.29, 0.717) is 35.4 Å². The molecular formula is C23H21ClN2O4S. The molecule has 0 spiro atoms. The van der Waals surface area contributed by atoms with Gasteiger partial charge in [-0.1, -0.05) is 35.9 Å². The molecule has 2 saturated heterocycles. The molecule has 2 heterocycles. The van der Waals surface area contributed by atoms with Crippen molar-refractivity contribution in [1.82, 2.24) is 9.80 Å². The molecule has 3 amide bonds. The third-order valence-corrected chi connectivity index (χ3v) is 6.26. The van der Waals surface area contributed by atoms with Crippen LogP contribution in [0.2, 0.25) is 5.02 Å². The largest absolute Gasteiger partial charge is 0.489 e. The van der Waals surface area contributed by atoms with Crippen LogP contribution in [0.3, 0.4) is 0 Å². The van der Waals surface area contributed by atoms with E-state index in [2.05, 4.69) is 0 Å². The Kier molecular flexibility index (Phi) is 6.63. The van der Waals surface area contributed by atoms with Gasteiger partial charge in [0.2, 0.25) is 5.91 Å². The van der Waals surface area contributed by atoms with Crippen LogP contribution in [-0.4, -0.2) is 46.5 Å². The van der Waals surface area contributed by atoms with Crippen LogP contribution in [0.5, 0.6) is 5.75 Å². The van der Waals surface area contributed by atoms with Crippen molar-refractivity contribution in [3.05, 3.63) is 69.6 Å². The second-order valence-corrected chi connectivity index (χ2v) is 8.77. The van der Waals surface area contributed by atoms with Gasteiger partial charge < -0.3 is 9.64 Å². The minimum absolute atomic E-state index is 0.182. The molecule has 0 bridgehead atoms. The number of nitrogens with zero attached hydrogens (tertiary/aromatic N) is 2. The van der Waals surface area contributed by atoms with Gasteiger partial charge in [-0.15, -0.1) is 0 Å². The lowest BCUT2D eigenvalue weighted by molar-refractivity contribution is -0.135. The normalized spacial score (nSPS) is 17.6. The fourth-order valence-electron chi connectivity index (χ4n) is 3.43. The summed E-state index contributed by atoms with van der Waals surface area (Å²) in [5, 5.41) is 0.251. The Bertz CT molecular complexity index is 1030. The van der Waals surface area contributed by atoms with E-state index < -0.39 is 11.1 Å². The van der Waals surface area contributed by atoms with Gasteiger partial charge in [-0.3, -0.25) is 19.3 Å². The van der Waals surface area contributed by atoms with Crippen molar-refractivity contribution in [3.63, 3.8) is 0 Å². The first-order chi connectivity index (χ1) is 15.0. The summed E-state index contributed by atoms with van der Waals surface area (Å²) in [4.78, 5) is 40.4. The van der Waals surface area contributed by atoms with E-state index >= 15 is 0 Å². The summed E-state index contributed by atoms with van der Waals surface area (Å²) in [6.07, 6.45) is 3.58. The quantitative estimate of drug-likeness (QED) is 0.595. The summed E-state index contributed by atoms with van der Waals surface area (Å²) in [6.45, 7) is 1.56. The maximum Gasteiger partial charge on any atom is 0.294 e. The second kappa shape index (κ2) is 9.58. The van der Waals surface area contributed by atoms with Gasteiger partial charge in [0.1, 0.15) is 18.9 Å². The molecule has 0 N–H and O–H groups in total. The van der Waals surface area contributed by atoms with Crippen LogP contribution >= 0.6 is 23.4 Å². The molecule has 0 aliphatic carbocycles. The first-order valence-electron chi connectivity index (χ1n) is 10.00. The molecule has 2 aliphatic heterocycles. The number of ether oxygens (including phenoxy) is 1. The van der Waals surface area contributed by atoms with Crippen molar-refractivity contribution >= 4 is 46.5 Å². The predicted molar refractivity (Wildman–Crippen MR) is 121 cm³/mol. The number of carbonyl (C=O) groups excluding carboxylic acids is 3. The van der Waals surface area contributed by atoms with Gasteiger partial charge in [-0.2, -0.15) is 0 Å². The molecule has 2 aliphatic rings. The fourth-order valence-corrected chi connectivity index (χ4v) is 4.40. The highest BCUT2D eigenvalue weighted by Gasteiger charge is 2.37. The van der Waals surface area contributed by atoms with E-state index in [1.54, 1.807) is 29.2 Å². The van der Waals surface area contributed by atoms with Gasteiger partial charge in [0, 0.05) is 18.1 Å². The van der Waals surface area contributed by atoms with Gasteiger partial charge in [-0.25, -0.2) is 0 Å². The van der Waals surface area contributed by atoms with Crippen molar-refractivity contribution in [2.75, 3.05) is 19.6 Å². The zero-order chi connectivity index (χ0) is 21.8. The van der Waals surface area contributed by atoms with Crippen LogP contribution in [0.1, 0.15) is 24.0 Å². The van der Waals surface area contributed by atoms with Crippen LogP contribution in [0, 0.1) is 0 Å². The third kappa shape index (κ3) is 5.29. The highest BCUT2D eigenvalue weighted by atomic mass is 35.5. The van der Waals surface area contributed by atoms with E-state index in [9.17, 15) is 14.4 Å². The highest BCUT2D eigenvalue weighted by Crippen LogP contribution is 2.32. The number of amides is 3. The molecule has 31 heavy (non-hydrogen) atoms. The number of hydrogen-bond donors (Lipinski definition) is 0. The third-order valence-electron chi connectivity index (χ3n) is 5.10. The maximum absolute atomic E-state index is 12.7. The lowest BCUT2D eigenvalue weighted by Crippen LogP contribution is -2.40. The first-order valence-corrected chi connectivity index (χ1v) is 11.2. The van der Waals surface area contributed by atoms with Crippen LogP contribution < -0.4 is 4.74 Å². The lowest BCUT2D eigenvalue weighted by atomic mass is 10.2. The number of imide groups is 1. The summed E-state index contributed by atoms with van der Waals surface area (Å²) in [5.74, 6) is 0.0285. The number of thioether (sulfide) groups is 1. The second-order valence-electron chi connectivity index (χ2n) is 7.34. The zero-order valence-corrected chi connectivity index (χ0v) is 18.3. The molecule has 0 radical (unpaired) electrons. The van der Waals surface area contributed by atoms with Crippen LogP contribution in [0.15, 0.2) is 53.4 Å². The summed E-state index contributed by atoms with van der Waals surface area (Å²) in [7, 11) is 0. The first kappa shape index (κ1) is 21.5. The van der Waals surface area contributed by atoms with Gasteiger partial charge in [-0.05, 0) is 66.1 Å². The average molecular weight is 457 g/mol. The predicted octanol–water partition coefficient (Wildman–Crippen LogP) is 4.58. The lowest BCUT2D eigenvalue weighted by Gasteiger charge is -2.18. The number of hydrogen-bond acceptors (Lipinski definition) is 5. The molecular weight excluding hydrogens is 436 g/mol. The van der Waals surface area contributed by atoms with Gasteiger partial charge >= 0.3 is 0 Å². The van der Waals surface area contributed by atoms with E-state index in [1.807, 2.05) is 30.3 Å². The number of benzene rings is 2. The Morgan fingerprint density at radius 3 is 2.58 bits per heavy atom. The molecule has 0 unspecified atom stereocenters. The Morgan fingerprint density at radius 2 is 1.84 bits per heavy atom. The van der Waals surface area contributed by atoms with Crippen LogP contribution in [-0.2, 0) is 16.2 Å². The monoisotopic (exact) mass is 456 g/mol. The maximum atomic E-state index is 12.7. The van der Waals surface area contributed by atoms with Crippen molar-refractivity contribution in [3.8, 4) is 5.75 Å². The fraction of sp³-hybridized carbons (Fsp3) is 0.261. The van der Waals surface area contributed by atoms with E-state index in [1.165, 1.54) is 0 Å². The molecule has 2 aromatic carbocycles. The smallest absolute Gasteiger partial charge is 0.294 e. The minimum Gasteiger partial charge on any atom is -0.489 e. The molecule has 2 aromatic rings. The molecule has 0 atom stereocenters. The van der Waals surface area contributed by atoms with Gasteiger partial charge in [0.15, 0.2) is 0 Å². The Morgan fingerprint density at radius 1 is 1.10 bits per heavy atom. The topological polar surface area (TPSA) is 66.9 Å². The number of rotatable bonds is 6. The zero-order valence-electron chi connectivity index (χ0n) is 16.8.